The molecule has 0 saturated carbocycles. The van der Waals surface area contributed by atoms with Gasteiger partial charge in [0, 0.05) is 5.56 Å². The SMILES string of the molecule is Cc1nc(C(F)(F)F)c(C(=O)Nc2c(-c3ccccc3)ccc(F)c2Cl)s1. The predicted octanol–water partition coefficient (Wildman–Crippen LogP) is 6.18. The standard InChI is InChI=1S/C18H11ClF4N2OS/c1-9-24-16(18(21,22)23)15(27-9)17(26)25-14-11(7-8-12(20)13(14)19)10-5-3-2-4-6-10/h2-8H,1H3,(H,25,26). The summed E-state index contributed by atoms with van der Waals surface area (Å²) < 4.78 is 53.3. The van der Waals surface area contributed by atoms with Gasteiger partial charge in [-0.1, -0.05) is 41.9 Å². The summed E-state index contributed by atoms with van der Waals surface area (Å²) in [7, 11) is 0. The highest BCUT2D eigenvalue weighted by molar-refractivity contribution is 7.13. The third kappa shape index (κ3) is 3.96. The fraction of sp³-hybridized carbons (Fsp3) is 0.111. The Hall–Kier alpha value is -2.45. The van der Waals surface area contributed by atoms with Crippen LogP contribution in [0.2, 0.25) is 5.02 Å². The van der Waals surface area contributed by atoms with E-state index < -0.39 is 28.5 Å². The first-order chi connectivity index (χ1) is 12.7. The lowest BCUT2D eigenvalue weighted by atomic mass is 10.0. The molecule has 0 spiro atoms. The number of thiazole rings is 1. The van der Waals surface area contributed by atoms with Crippen LogP contribution in [0.3, 0.4) is 0 Å². The molecule has 0 unspecified atom stereocenters. The first-order valence-corrected chi connectivity index (χ1v) is 8.77. The maximum Gasteiger partial charge on any atom is 0.435 e. The first-order valence-electron chi connectivity index (χ1n) is 7.58. The number of alkyl halides is 3. The summed E-state index contributed by atoms with van der Waals surface area (Å²) in [5.74, 6) is -1.86. The molecule has 1 amide bonds. The minimum Gasteiger partial charge on any atom is -0.319 e. The van der Waals surface area contributed by atoms with E-state index in [9.17, 15) is 22.4 Å². The van der Waals surface area contributed by atoms with E-state index in [-0.39, 0.29) is 15.7 Å². The maximum atomic E-state index is 13.9. The maximum absolute atomic E-state index is 13.9. The van der Waals surface area contributed by atoms with Crippen molar-refractivity contribution in [1.29, 1.82) is 0 Å². The van der Waals surface area contributed by atoms with Crippen LogP contribution in [0.4, 0.5) is 23.2 Å². The van der Waals surface area contributed by atoms with Crippen molar-refractivity contribution < 1.29 is 22.4 Å². The van der Waals surface area contributed by atoms with E-state index >= 15 is 0 Å². The second kappa shape index (κ2) is 7.28. The number of aromatic nitrogens is 1. The number of carbonyl (C=O) groups is 1. The zero-order valence-corrected chi connectivity index (χ0v) is 15.3. The molecule has 3 rings (SSSR count). The van der Waals surface area contributed by atoms with Crippen molar-refractivity contribution in [3.63, 3.8) is 0 Å². The van der Waals surface area contributed by atoms with E-state index in [1.165, 1.54) is 13.0 Å². The highest BCUT2D eigenvalue weighted by atomic mass is 35.5. The van der Waals surface area contributed by atoms with Crippen molar-refractivity contribution in [2.24, 2.45) is 0 Å². The summed E-state index contributed by atoms with van der Waals surface area (Å²) in [6, 6.07) is 11.2. The summed E-state index contributed by atoms with van der Waals surface area (Å²) >= 11 is 6.59. The lowest BCUT2D eigenvalue weighted by Gasteiger charge is -2.14. The number of amides is 1. The van der Waals surface area contributed by atoms with E-state index in [4.69, 9.17) is 11.6 Å². The summed E-state index contributed by atoms with van der Waals surface area (Å²) in [5.41, 5.74) is -0.389. The first kappa shape index (κ1) is 19.3. The summed E-state index contributed by atoms with van der Waals surface area (Å²) in [6.07, 6.45) is -4.79. The number of carbonyl (C=O) groups excluding carboxylic acids is 1. The Morgan fingerprint density at radius 1 is 1.15 bits per heavy atom. The molecule has 3 nitrogen and oxygen atoms in total. The predicted molar refractivity (Wildman–Crippen MR) is 96.7 cm³/mol. The van der Waals surface area contributed by atoms with E-state index in [1.54, 1.807) is 30.3 Å². The number of hydrogen-bond donors (Lipinski definition) is 1. The van der Waals surface area contributed by atoms with Crippen LogP contribution in [-0.4, -0.2) is 10.9 Å². The van der Waals surface area contributed by atoms with Gasteiger partial charge in [-0.05, 0) is 24.6 Å². The van der Waals surface area contributed by atoms with Crippen molar-refractivity contribution in [3.8, 4) is 11.1 Å². The van der Waals surface area contributed by atoms with Gasteiger partial charge in [0.05, 0.1) is 10.7 Å². The van der Waals surface area contributed by atoms with Crippen LogP contribution in [0.5, 0.6) is 0 Å². The second-order valence-electron chi connectivity index (χ2n) is 5.51. The van der Waals surface area contributed by atoms with Crippen molar-refractivity contribution >= 4 is 34.5 Å². The average molecular weight is 415 g/mol. The van der Waals surface area contributed by atoms with Gasteiger partial charge in [0.15, 0.2) is 5.69 Å². The number of anilines is 1. The highest BCUT2D eigenvalue weighted by Crippen LogP contribution is 2.38. The Labute approximate surface area is 160 Å². The molecular weight excluding hydrogens is 404 g/mol. The minimum atomic E-state index is -4.79. The van der Waals surface area contributed by atoms with Gasteiger partial charge in [-0.2, -0.15) is 13.2 Å². The molecule has 0 saturated heterocycles. The molecule has 0 bridgehead atoms. The van der Waals surface area contributed by atoms with Crippen LogP contribution >= 0.6 is 22.9 Å². The molecule has 0 aliphatic carbocycles. The normalized spacial score (nSPS) is 11.5. The van der Waals surface area contributed by atoms with E-state index in [0.29, 0.717) is 22.5 Å². The van der Waals surface area contributed by atoms with Crippen LogP contribution in [0.15, 0.2) is 42.5 Å². The van der Waals surface area contributed by atoms with Gasteiger partial charge < -0.3 is 5.32 Å². The lowest BCUT2D eigenvalue weighted by molar-refractivity contribution is -0.141. The molecule has 27 heavy (non-hydrogen) atoms. The number of nitrogens with one attached hydrogen (secondary N) is 1. The average Bonchev–Trinajstić information content (AvgIpc) is 3.02. The Balaban J connectivity index is 2.06. The van der Waals surface area contributed by atoms with Crippen LogP contribution in [-0.2, 0) is 6.18 Å². The van der Waals surface area contributed by atoms with Crippen LogP contribution < -0.4 is 5.32 Å². The molecule has 0 aliphatic rings. The van der Waals surface area contributed by atoms with Gasteiger partial charge in [-0.3, -0.25) is 4.79 Å². The van der Waals surface area contributed by atoms with E-state index in [0.717, 1.165) is 6.07 Å². The van der Waals surface area contributed by atoms with Gasteiger partial charge in [-0.15, -0.1) is 11.3 Å². The minimum absolute atomic E-state index is 0.0843. The fourth-order valence-corrected chi connectivity index (χ4v) is 3.52. The molecule has 0 aliphatic heterocycles. The Morgan fingerprint density at radius 3 is 2.44 bits per heavy atom. The third-order valence-electron chi connectivity index (χ3n) is 3.63. The van der Waals surface area contributed by atoms with E-state index in [2.05, 4.69) is 10.3 Å². The molecule has 2 aromatic carbocycles. The van der Waals surface area contributed by atoms with Crippen molar-refractivity contribution in [2.45, 2.75) is 13.1 Å². The van der Waals surface area contributed by atoms with E-state index in [1.807, 2.05) is 0 Å². The number of hydrogen-bond acceptors (Lipinski definition) is 3. The number of halogens is 5. The van der Waals surface area contributed by atoms with Gasteiger partial charge in [0.1, 0.15) is 15.7 Å². The molecule has 1 aromatic heterocycles. The molecule has 0 atom stereocenters. The topological polar surface area (TPSA) is 42.0 Å². The summed E-state index contributed by atoms with van der Waals surface area (Å²) in [4.78, 5) is 15.3. The molecule has 9 heteroatoms. The summed E-state index contributed by atoms with van der Waals surface area (Å²) in [5, 5.41) is 2.01. The second-order valence-corrected chi connectivity index (χ2v) is 7.09. The Morgan fingerprint density at radius 2 is 1.81 bits per heavy atom. The van der Waals surface area contributed by atoms with Crippen LogP contribution in [0.1, 0.15) is 20.4 Å². The largest absolute Gasteiger partial charge is 0.435 e. The monoisotopic (exact) mass is 414 g/mol. The van der Waals surface area contributed by atoms with Gasteiger partial charge in [-0.25, -0.2) is 9.37 Å². The van der Waals surface area contributed by atoms with Crippen LogP contribution in [0.25, 0.3) is 11.1 Å². The van der Waals surface area contributed by atoms with Crippen molar-refractivity contribution in [2.75, 3.05) is 5.32 Å². The number of benzene rings is 2. The lowest BCUT2D eigenvalue weighted by Crippen LogP contribution is -2.18. The number of nitrogens with zero attached hydrogens (tertiary/aromatic N) is 1. The Bertz CT molecular complexity index is 1000. The summed E-state index contributed by atoms with van der Waals surface area (Å²) in [6.45, 7) is 1.36. The van der Waals surface area contributed by atoms with Gasteiger partial charge >= 0.3 is 6.18 Å². The van der Waals surface area contributed by atoms with Crippen molar-refractivity contribution in [1.82, 2.24) is 4.98 Å². The molecule has 1 heterocycles. The zero-order valence-electron chi connectivity index (χ0n) is 13.7. The number of aryl methyl sites for hydroxylation is 1. The molecule has 1 N–H and O–H groups in total. The Kier molecular flexibility index (Phi) is 5.21. The van der Waals surface area contributed by atoms with Crippen molar-refractivity contribution in [3.05, 3.63) is 68.9 Å². The molecule has 0 fully saturated rings. The quantitative estimate of drug-likeness (QED) is 0.520. The highest BCUT2D eigenvalue weighted by Gasteiger charge is 2.39. The van der Waals surface area contributed by atoms with Gasteiger partial charge in [0.2, 0.25) is 0 Å². The van der Waals surface area contributed by atoms with Crippen LogP contribution in [0, 0.1) is 12.7 Å². The fourth-order valence-electron chi connectivity index (χ4n) is 2.47. The van der Waals surface area contributed by atoms with Gasteiger partial charge in [0.25, 0.3) is 5.91 Å². The molecule has 3 aromatic rings. The third-order valence-corrected chi connectivity index (χ3v) is 4.97. The molecule has 0 radical (unpaired) electrons. The molecule has 140 valence electrons. The number of rotatable bonds is 3. The molecular formula is C18H11ClF4N2OS. The smallest absolute Gasteiger partial charge is 0.319 e. The zero-order chi connectivity index (χ0) is 19.8.